The lowest BCUT2D eigenvalue weighted by molar-refractivity contribution is -0.384. The lowest BCUT2D eigenvalue weighted by atomic mass is 9.98. The summed E-state index contributed by atoms with van der Waals surface area (Å²) in [6, 6.07) is 18.3. The van der Waals surface area contributed by atoms with Gasteiger partial charge in [-0.2, -0.15) is 0 Å². The smallest absolute Gasteiger partial charge is 0.339 e. The number of nitro groups is 1. The van der Waals surface area contributed by atoms with Gasteiger partial charge >= 0.3 is 5.97 Å². The molecule has 0 spiro atoms. The third-order valence-electron chi connectivity index (χ3n) is 4.64. The fourth-order valence-corrected chi connectivity index (χ4v) is 3.09. The van der Waals surface area contributed by atoms with Gasteiger partial charge in [0.2, 0.25) is 0 Å². The van der Waals surface area contributed by atoms with Crippen LogP contribution in [0.4, 0.5) is 11.4 Å². The van der Waals surface area contributed by atoms with Crippen molar-refractivity contribution in [3.63, 3.8) is 0 Å². The second kappa shape index (κ2) is 9.84. The van der Waals surface area contributed by atoms with Crippen LogP contribution in [0.5, 0.6) is 0 Å². The van der Waals surface area contributed by atoms with Gasteiger partial charge < -0.3 is 9.64 Å². The number of likely N-dealkylation sites (N-methyl/N-ethyl adjacent to an activating group) is 1. The quantitative estimate of drug-likeness (QED) is 0.229. The average molecular weight is 453 g/mol. The van der Waals surface area contributed by atoms with Crippen LogP contribution in [-0.4, -0.2) is 36.2 Å². The van der Waals surface area contributed by atoms with Gasteiger partial charge in [-0.1, -0.05) is 48.0 Å². The van der Waals surface area contributed by atoms with E-state index in [-0.39, 0.29) is 21.7 Å². The average Bonchev–Trinajstić information content (AvgIpc) is 2.82. The largest absolute Gasteiger partial charge is 0.452 e. The van der Waals surface area contributed by atoms with Gasteiger partial charge in [0.05, 0.1) is 10.5 Å². The third kappa shape index (κ3) is 4.98. The number of esters is 1. The van der Waals surface area contributed by atoms with Crippen LogP contribution in [0.25, 0.3) is 0 Å². The maximum absolute atomic E-state index is 12.9. The molecule has 0 saturated carbocycles. The molecule has 0 N–H and O–H groups in total. The molecule has 0 saturated heterocycles. The van der Waals surface area contributed by atoms with Gasteiger partial charge in [-0.3, -0.25) is 19.7 Å². The Morgan fingerprint density at radius 1 is 0.969 bits per heavy atom. The van der Waals surface area contributed by atoms with Crippen molar-refractivity contribution in [2.24, 2.45) is 0 Å². The van der Waals surface area contributed by atoms with Gasteiger partial charge in [0, 0.05) is 29.9 Å². The second-order valence-electron chi connectivity index (χ2n) is 6.66. The number of carbonyl (C=O) groups is 3. The summed E-state index contributed by atoms with van der Waals surface area (Å²) in [6.45, 7) is -0.529. The van der Waals surface area contributed by atoms with Crippen LogP contribution in [0, 0.1) is 10.1 Å². The van der Waals surface area contributed by atoms with Gasteiger partial charge in [-0.15, -0.1) is 0 Å². The summed E-state index contributed by atoms with van der Waals surface area (Å²) in [5.74, 6) is -1.95. The molecule has 0 heterocycles. The van der Waals surface area contributed by atoms with E-state index in [0.29, 0.717) is 5.69 Å². The fraction of sp³-hybridized carbons (Fsp3) is 0.0870. The fourth-order valence-electron chi connectivity index (χ4n) is 2.91. The minimum Gasteiger partial charge on any atom is -0.452 e. The van der Waals surface area contributed by atoms with Crippen LogP contribution in [0.3, 0.4) is 0 Å². The Bertz CT molecular complexity index is 1200. The van der Waals surface area contributed by atoms with E-state index in [2.05, 4.69) is 0 Å². The highest BCUT2D eigenvalue weighted by molar-refractivity contribution is 6.33. The normalized spacial score (nSPS) is 10.3. The highest BCUT2D eigenvalue weighted by Gasteiger charge is 2.23. The molecule has 0 radical (unpaired) electrons. The first-order valence-electron chi connectivity index (χ1n) is 9.36. The maximum atomic E-state index is 12.9. The van der Waals surface area contributed by atoms with Crippen LogP contribution >= 0.6 is 11.6 Å². The molecule has 0 unspecified atom stereocenters. The lowest BCUT2D eigenvalue weighted by Gasteiger charge is -2.17. The van der Waals surface area contributed by atoms with Crippen molar-refractivity contribution in [3.05, 3.63) is 105 Å². The van der Waals surface area contributed by atoms with Gasteiger partial charge in [0.1, 0.15) is 5.02 Å². The number of amides is 1. The van der Waals surface area contributed by atoms with Crippen molar-refractivity contribution in [1.29, 1.82) is 0 Å². The number of hydrogen-bond acceptors (Lipinski definition) is 6. The summed E-state index contributed by atoms with van der Waals surface area (Å²) >= 11 is 5.80. The molecule has 0 atom stereocenters. The zero-order chi connectivity index (χ0) is 23.3. The maximum Gasteiger partial charge on any atom is 0.339 e. The highest BCUT2D eigenvalue weighted by Crippen LogP contribution is 2.27. The number of anilines is 1. The van der Waals surface area contributed by atoms with E-state index in [4.69, 9.17) is 16.3 Å². The van der Waals surface area contributed by atoms with Crippen LogP contribution < -0.4 is 4.90 Å². The summed E-state index contributed by atoms with van der Waals surface area (Å²) in [5.41, 5.74) is 0.116. The molecule has 8 nitrogen and oxygen atoms in total. The molecular formula is C23H17ClN2O6. The third-order valence-corrected chi connectivity index (χ3v) is 4.96. The van der Waals surface area contributed by atoms with E-state index in [1.54, 1.807) is 37.4 Å². The zero-order valence-corrected chi connectivity index (χ0v) is 17.6. The minimum absolute atomic E-state index is 0.0127. The first-order valence-corrected chi connectivity index (χ1v) is 9.73. The number of halogens is 1. The molecule has 0 aromatic heterocycles. The number of rotatable bonds is 7. The van der Waals surface area contributed by atoms with Crippen LogP contribution in [0.2, 0.25) is 5.02 Å². The molecule has 0 fully saturated rings. The highest BCUT2D eigenvalue weighted by atomic mass is 35.5. The first-order chi connectivity index (χ1) is 15.3. The Labute approximate surface area is 188 Å². The van der Waals surface area contributed by atoms with Gasteiger partial charge in [-0.05, 0) is 30.3 Å². The number of carbonyl (C=O) groups excluding carboxylic acids is 3. The van der Waals surface area contributed by atoms with Crippen LogP contribution in [0.15, 0.2) is 72.8 Å². The standard InChI is InChI=1S/C23H17ClN2O6/c1-25(16-7-3-2-4-8-16)21(27)14-32-23(29)18-10-6-5-9-17(18)22(28)15-11-12-19(24)20(13-15)26(30)31/h2-13H,14H2,1H3. The Morgan fingerprint density at radius 2 is 1.59 bits per heavy atom. The number of benzene rings is 3. The van der Waals surface area contributed by atoms with Crippen molar-refractivity contribution in [2.45, 2.75) is 0 Å². The molecule has 0 bridgehead atoms. The lowest BCUT2D eigenvalue weighted by Crippen LogP contribution is -2.31. The summed E-state index contributed by atoms with van der Waals surface area (Å²) in [6.07, 6.45) is 0. The van der Waals surface area contributed by atoms with Crippen molar-refractivity contribution in [1.82, 2.24) is 0 Å². The van der Waals surface area contributed by atoms with E-state index in [9.17, 15) is 24.5 Å². The molecule has 3 aromatic carbocycles. The number of ketones is 1. The number of para-hydroxylation sites is 1. The van der Waals surface area contributed by atoms with Gasteiger partial charge in [0.25, 0.3) is 11.6 Å². The van der Waals surface area contributed by atoms with Crippen molar-refractivity contribution < 1.29 is 24.0 Å². The Morgan fingerprint density at radius 3 is 2.25 bits per heavy atom. The predicted octanol–water partition coefficient (Wildman–Crippen LogP) is 4.30. The second-order valence-corrected chi connectivity index (χ2v) is 7.07. The number of ether oxygens (including phenoxy) is 1. The molecule has 1 amide bonds. The molecule has 0 aliphatic rings. The van der Waals surface area contributed by atoms with E-state index in [0.717, 1.165) is 6.07 Å². The number of nitro benzene ring substituents is 1. The SMILES string of the molecule is CN(C(=O)COC(=O)c1ccccc1C(=O)c1ccc(Cl)c([N+](=O)[O-])c1)c1ccccc1. The Kier molecular flexibility index (Phi) is 6.97. The van der Waals surface area contributed by atoms with Crippen molar-refractivity contribution in [2.75, 3.05) is 18.6 Å². The molecule has 162 valence electrons. The number of hydrogen-bond donors (Lipinski definition) is 0. The topological polar surface area (TPSA) is 107 Å². The minimum atomic E-state index is -0.868. The van der Waals surface area contributed by atoms with E-state index < -0.39 is 34.9 Å². The van der Waals surface area contributed by atoms with Crippen molar-refractivity contribution in [3.8, 4) is 0 Å². The Balaban J connectivity index is 1.78. The molecule has 3 aromatic rings. The van der Waals surface area contributed by atoms with E-state index in [1.165, 1.54) is 35.2 Å². The van der Waals surface area contributed by atoms with Gasteiger partial charge in [-0.25, -0.2) is 4.79 Å². The first kappa shape index (κ1) is 22.6. The summed E-state index contributed by atoms with van der Waals surface area (Å²) in [4.78, 5) is 49.7. The summed E-state index contributed by atoms with van der Waals surface area (Å²) in [7, 11) is 1.55. The molecule has 0 aliphatic heterocycles. The predicted molar refractivity (Wildman–Crippen MR) is 118 cm³/mol. The molecule has 9 heteroatoms. The van der Waals surface area contributed by atoms with Crippen LogP contribution in [0.1, 0.15) is 26.3 Å². The van der Waals surface area contributed by atoms with E-state index in [1.807, 2.05) is 6.07 Å². The van der Waals surface area contributed by atoms with Crippen molar-refractivity contribution >= 4 is 40.6 Å². The molecular weight excluding hydrogens is 436 g/mol. The van der Waals surface area contributed by atoms with E-state index >= 15 is 0 Å². The number of nitrogens with zero attached hydrogens (tertiary/aromatic N) is 2. The monoisotopic (exact) mass is 452 g/mol. The summed E-state index contributed by atoms with van der Waals surface area (Å²) < 4.78 is 5.13. The summed E-state index contributed by atoms with van der Waals surface area (Å²) in [5, 5.41) is 11.0. The van der Waals surface area contributed by atoms with Crippen LogP contribution in [-0.2, 0) is 9.53 Å². The Hall–Kier alpha value is -4.04. The zero-order valence-electron chi connectivity index (χ0n) is 16.9. The van der Waals surface area contributed by atoms with Gasteiger partial charge in [0.15, 0.2) is 12.4 Å². The molecule has 0 aliphatic carbocycles. The molecule has 3 rings (SSSR count). The molecule has 32 heavy (non-hydrogen) atoms.